The van der Waals surface area contributed by atoms with Crippen LogP contribution >= 0.6 is 27.5 Å². The molecule has 2 aromatic rings. The largest absolute Gasteiger partial charge is 0.326 e. The summed E-state index contributed by atoms with van der Waals surface area (Å²) in [6, 6.07) is 10.3. The third-order valence-electron chi connectivity index (χ3n) is 6.17. The molecule has 10 heteroatoms. The first kappa shape index (κ1) is 24.2. The smallest absolute Gasteiger partial charge is 0.244 e. The Labute approximate surface area is 207 Å². The number of hydrogen-bond donors (Lipinski definition) is 1. The molecule has 7 nitrogen and oxygen atoms in total. The molecule has 0 bridgehead atoms. The lowest BCUT2D eigenvalue weighted by molar-refractivity contribution is -0.121. The minimum Gasteiger partial charge on any atom is -0.326 e. The van der Waals surface area contributed by atoms with Crippen molar-refractivity contribution in [1.29, 1.82) is 0 Å². The SMILES string of the molecule is CCC(=O)N1CCc2cc(Br)c(S(=O)(=O)N3CCC(C(=O)Nc4cccc(Cl)c4)CC3)cc21. The Balaban J connectivity index is 1.47. The lowest BCUT2D eigenvalue weighted by atomic mass is 9.97. The fraction of sp³-hybridized carbons (Fsp3) is 0.391. The number of fused-ring (bicyclic) bond motifs is 1. The summed E-state index contributed by atoms with van der Waals surface area (Å²) in [6.45, 7) is 2.85. The van der Waals surface area contributed by atoms with E-state index in [0.29, 0.717) is 53.1 Å². The summed E-state index contributed by atoms with van der Waals surface area (Å²) < 4.78 is 28.8. The monoisotopic (exact) mass is 553 g/mol. The Morgan fingerprint density at radius 3 is 2.55 bits per heavy atom. The first-order valence-electron chi connectivity index (χ1n) is 10.9. The molecule has 0 radical (unpaired) electrons. The van der Waals surface area contributed by atoms with Crippen LogP contribution in [0.4, 0.5) is 11.4 Å². The van der Waals surface area contributed by atoms with Crippen molar-refractivity contribution >= 4 is 60.7 Å². The molecule has 2 aromatic carbocycles. The van der Waals surface area contributed by atoms with Gasteiger partial charge in [0.1, 0.15) is 0 Å². The van der Waals surface area contributed by atoms with Gasteiger partial charge in [0.05, 0.1) is 4.90 Å². The summed E-state index contributed by atoms with van der Waals surface area (Å²) in [6.07, 6.45) is 1.92. The van der Waals surface area contributed by atoms with Gasteiger partial charge in [0.25, 0.3) is 0 Å². The van der Waals surface area contributed by atoms with E-state index >= 15 is 0 Å². The van der Waals surface area contributed by atoms with Crippen molar-refractivity contribution in [3.63, 3.8) is 0 Å². The molecule has 2 aliphatic heterocycles. The average molecular weight is 555 g/mol. The van der Waals surface area contributed by atoms with Crippen LogP contribution in [0.1, 0.15) is 31.7 Å². The van der Waals surface area contributed by atoms with Gasteiger partial charge in [-0.15, -0.1) is 0 Å². The minimum absolute atomic E-state index is 0.0223. The Hall–Kier alpha value is -1.94. The lowest BCUT2D eigenvalue weighted by Crippen LogP contribution is -2.41. The first-order valence-corrected chi connectivity index (χ1v) is 13.5. The van der Waals surface area contributed by atoms with Crippen LogP contribution in [0.25, 0.3) is 0 Å². The molecule has 2 heterocycles. The fourth-order valence-electron chi connectivity index (χ4n) is 4.34. The molecule has 0 unspecified atom stereocenters. The molecule has 0 atom stereocenters. The van der Waals surface area contributed by atoms with E-state index in [1.54, 1.807) is 48.2 Å². The van der Waals surface area contributed by atoms with Crippen molar-refractivity contribution in [2.24, 2.45) is 5.92 Å². The van der Waals surface area contributed by atoms with Gasteiger partial charge < -0.3 is 10.2 Å². The second-order valence-corrected chi connectivity index (χ2v) is 11.4. The Morgan fingerprint density at radius 1 is 1.15 bits per heavy atom. The van der Waals surface area contributed by atoms with Gasteiger partial charge in [-0.25, -0.2) is 8.42 Å². The molecule has 0 saturated carbocycles. The summed E-state index contributed by atoms with van der Waals surface area (Å²) in [7, 11) is -3.78. The highest BCUT2D eigenvalue weighted by Gasteiger charge is 2.35. The van der Waals surface area contributed by atoms with Crippen LogP contribution in [0, 0.1) is 5.92 Å². The summed E-state index contributed by atoms with van der Waals surface area (Å²) in [5.41, 5.74) is 2.24. The van der Waals surface area contributed by atoms with Gasteiger partial charge in [0.15, 0.2) is 0 Å². The molecular formula is C23H25BrClN3O4S. The Bertz CT molecular complexity index is 1200. The second kappa shape index (κ2) is 9.74. The molecule has 2 aliphatic rings. The number of carbonyl (C=O) groups is 2. The van der Waals surface area contributed by atoms with Crippen molar-refractivity contribution in [3.05, 3.63) is 51.5 Å². The molecule has 4 rings (SSSR count). The van der Waals surface area contributed by atoms with Gasteiger partial charge in [-0.2, -0.15) is 4.31 Å². The summed E-state index contributed by atoms with van der Waals surface area (Å²) in [4.78, 5) is 26.7. The van der Waals surface area contributed by atoms with E-state index in [-0.39, 0.29) is 35.7 Å². The van der Waals surface area contributed by atoms with E-state index in [9.17, 15) is 18.0 Å². The predicted molar refractivity (Wildman–Crippen MR) is 132 cm³/mol. The maximum absolute atomic E-state index is 13.4. The zero-order chi connectivity index (χ0) is 23.8. The van der Waals surface area contributed by atoms with Gasteiger partial charge in [0.2, 0.25) is 21.8 Å². The van der Waals surface area contributed by atoms with Crippen LogP contribution < -0.4 is 10.2 Å². The van der Waals surface area contributed by atoms with E-state index in [1.807, 2.05) is 0 Å². The topological polar surface area (TPSA) is 86.8 Å². The minimum atomic E-state index is -3.78. The van der Waals surface area contributed by atoms with E-state index in [4.69, 9.17) is 11.6 Å². The van der Waals surface area contributed by atoms with Gasteiger partial charge in [-0.1, -0.05) is 24.6 Å². The van der Waals surface area contributed by atoms with Gasteiger partial charge >= 0.3 is 0 Å². The number of nitrogens with zero attached hydrogens (tertiary/aromatic N) is 2. The number of amides is 2. The molecule has 0 aromatic heterocycles. The van der Waals surface area contributed by atoms with Crippen LogP contribution in [0.3, 0.4) is 0 Å². The van der Waals surface area contributed by atoms with E-state index in [2.05, 4.69) is 21.2 Å². The fourth-order valence-corrected chi connectivity index (χ4v) is 7.07. The lowest BCUT2D eigenvalue weighted by Gasteiger charge is -2.31. The maximum atomic E-state index is 13.4. The molecule has 0 aliphatic carbocycles. The van der Waals surface area contributed by atoms with Crippen LogP contribution in [0.5, 0.6) is 0 Å². The highest BCUT2D eigenvalue weighted by Crippen LogP contribution is 2.37. The summed E-state index contributed by atoms with van der Waals surface area (Å²) in [5, 5.41) is 3.39. The Morgan fingerprint density at radius 2 is 1.88 bits per heavy atom. The highest BCUT2D eigenvalue weighted by molar-refractivity contribution is 9.10. The van der Waals surface area contributed by atoms with Crippen molar-refractivity contribution < 1.29 is 18.0 Å². The Kier molecular flexibility index (Phi) is 7.14. The van der Waals surface area contributed by atoms with Gasteiger partial charge in [-0.05, 0) is 71.1 Å². The highest BCUT2D eigenvalue weighted by atomic mass is 79.9. The molecule has 0 spiro atoms. The summed E-state index contributed by atoms with van der Waals surface area (Å²) in [5.74, 6) is -0.441. The molecule has 1 fully saturated rings. The molecule has 176 valence electrons. The van der Waals surface area contributed by atoms with Crippen molar-refractivity contribution in [1.82, 2.24) is 4.31 Å². The zero-order valence-corrected chi connectivity index (χ0v) is 21.3. The number of carbonyl (C=O) groups excluding carboxylic acids is 2. The van der Waals surface area contributed by atoms with Gasteiger partial charge in [-0.3, -0.25) is 9.59 Å². The van der Waals surface area contributed by atoms with E-state index < -0.39 is 10.0 Å². The van der Waals surface area contributed by atoms with Crippen molar-refractivity contribution in [2.75, 3.05) is 29.9 Å². The molecule has 1 saturated heterocycles. The quantitative estimate of drug-likeness (QED) is 0.592. The number of anilines is 2. The first-order chi connectivity index (χ1) is 15.7. The van der Waals surface area contributed by atoms with E-state index in [1.165, 1.54) is 4.31 Å². The number of nitrogens with one attached hydrogen (secondary N) is 1. The van der Waals surface area contributed by atoms with Crippen LogP contribution in [0.2, 0.25) is 5.02 Å². The number of hydrogen-bond acceptors (Lipinski definition) is 4. The number of piperidine rings is 1. The van der Waals surface area contributed by atoms with Crippen molar-refractivity contribution in [2.45, 2.75) is 37.5 Å². The van der Waals surface area contributed by atoms with Crippen molar-refractivity contribution in [3.8, 4) is 0 Å². The predicted octanol–water partition coefficient (Wildman–Crippen LogP) is 4.44. The van der Waals surface area contributed by atoms with Crippen LogP contribution in [0.15, 0.2) is 45.8 Å². The van der Waals surface area contributed by atoms with E-state index in [0.717, 1.165) is 5.56 Å². The number of sulfonamides is 1. The molecular weight excluding hydrogens is 530 g/mol. The maximum Gasteiger partial charge on any atom is 0.244 e. The number of halogens is 2. The van der Waals surface area contributed by atoms with Crippen LogP contribution in [-0.4, -0.2) is 44.2 Å². The average Bonchev–Trinajstić information content (AvgIpc) is 3.20. The number of rotatable bonds is 5. The molecule has 2 amide bonds. The third kappa shape index (κ3) is 4.96. The summed E-state index contributed by atoms with van der Waals surface area (Å²) >= 11 is 9.39. The zero-order valence-electron chi connectivity index (χ0n) is 18.2. The standard InChI is InChI=1S/C23H25BrClN3O4S/c1-2-22(29)28-11-8-16-12-19(24)21(14-20(16)28)33(31,32)27-9-6-15(7-10-27)23(30)26-18-5-3-4-17(25)13-18/h3-5,12-15H,2,6-11H2,1H3,(H,26,30). The second-order valence-electron chi connectivity index (χ2n) is 8.24. The third-order valence-corrected chi connectivity index (χ3v) is 9.26. The number of benzene rings is 2. The van der Waals surface area contributed by atoms with Crippen LogP contribution in [-0.2, 0) is 26.0 Å². The molecule has 1 N–H and O–H groups in total. The normalized spacial score (nSPS) is 17.1. The van der Waals surface area contributed by atoms with Gasteiger partial charge in [0, 0.05) is 52.8 Å². The molecule has 33 heavy (non-hydrogen) atoms.